The summed E-state index contributed by atoms with van der Waals surface area (Å²) in [5.41, 5.74) is -0.494. The van der Waals surface area contributed by atoms with Crippen molar-refractivity contribution in [2.75, 3.05) is 25.6 Å². The van der Waals surface area contributed by atoms with Gasteiger partial charge in [-0.15, -0.1) is 11.6 Å². The number of carbonyl (C=O) groups is 1. The van der Waals surface area contributed by atoms with Gasteiger partial charge < -0.3 is 20.1 Å². The fraction of sp³-hybridized carbons (Fsp3) is 0.917. The van der Waals surface area contributed by atoms with Crippen molar-refractivity contribution in [2.24, 2.45) is 5.92 Å². The summed E-state index contributed by atoms with van der Waals surface area (Å²) >= 11 is 5.53. The number of alkyl halides is 1. The molecular formula is C12H23ClN2O3. The molecule has 1 aliphatic rings. The number of amides is 2. The Hall–Kier alpha value is -0.520. The maximum absolute atomic E-state index is 11.7. The molecule has 6 heteroatoms. The second-order valence-corrected chi connectivity index (χ2v) is 5.74. The van der Waals surface area contributed by atoms with Crippen molar-refractivity contribution in [3.05, 3.63) is 0 Å². The molecule has 0 unspecified atom stereocenters. The highest BCUT2D eigenvalue weighted by Crippen LogP contribution is 2.28. The predicted octanol–water partition coefficient (Wildman–Crippen LogP) is 1.70. The first-order valence-corrected chi connectivity index (χ1v) is 6.75. The van der Waals surface area contributed by atoms with E-state index in [0.717, 1.165) is 0 Å². The lowest BCUT2D eigenvalue weighted by Gasteiger charge is -2.46. The van der Waals surface area contributed by atoms with E-state index in [2.05, 4.69) is 10.6 Å². The third kappa shape index (κ3) is 4.00. The van der Waals surface area contributed by atoms with Gasteiger partial charge in [0.05, 0.1) is 18.8 Å². The van der Waals surface area contributed by atoms with E-state index >= 15 is 0 Å². The highest BCUT2D eigenvalue weighted by atomic mass is 35.5. The average Bonchev–Trinajstić information content (AvgIpc) is 2.29. The topological polar surface area (TPSA) is 59.6 Å². The van der Waals surface area contributed by atoms with E-state index in [4.69, 9.17) is 21.1 Å². The second kappa shape index (κ2) is 6.08. The summed E-state index contributed by atoms with van der Waals surface area (Å²) in [6, 6.07) is -0.240. The van der Waals surface area contributed by atoms with Gasteiger partial charge in [-0.25, -0.2) is 4.79 Å². The lowest BCUT2D eigenvalue weighted by Crippen LogP contribution is -2.65. The van der Waals surface area contributed by atoms with Crippen LogP contribution in [0.3, 0.4) is 0 Å². The molecule has 2 N–H and O–H groups in total. The minimum Gasteiger partial charge on any atom is -0.348 e. The Morgan fingerprint density at radius 3 is 2.33 bits per heavy atom. The maximum Gasteiger partial charge on any atom is 0.315 e. The van der Waals surface area contributed by atoms with Gasteiger partial charge >= 0.3 is 6.03 Å². The minimum absolute atomic E-state index is 0.204. The van der Waals surface area contributed by atoms with Crippen LogP contribution in [0.15, 0.2) is 0 Å². The van der Waals surface area contributed by atoms with E-state index in [1.165, 1.54) is 0 Å². The van der Waals surface area contributed by atoms with Gasteiger partial charge in [0.15, 0.2) is 5.79 Å². The molecule has 0 atom stereocenters. The third-order valence-electron chi connectivity index (χ3n) is 3.20. The van der Waals surface area contributed by atoms with Crippen molar-refractivity contribution in [3.8, 4) is 0 Å². The zero-order valence-electron chi connectivity index (χ0n) is 11.5. The Morgan fingerprint density at radius 1 is 1.33 bits per heavy atom. The molecule has 1 rings (SSSR count). The summed E-state index contributed by atoms with van der Waals surface area (Å²) in [4.78, 5) is 11.7. The van der Waals surface area contributed by atoms with E-state index in [9.17, 15) is 4.79 Å². The summed E-state index contributed by atoms with van der Waals surface area (Å²) in [6.07, 6.45) is 0. The molecule has 106 valence electrons. The van der Waals surface area contributed by atoms with Gasteiger partial charge in [0.2, 0.25) is 0 Å². The van der Waals surface area contributed by atoms with Crippen LogP contribution in [0.5, 0.6) is 0 Å². The van der Waals surface area contributed by atoms with Crippen LogP contribution in [0.2, 0.25) is 0 Å². The van der Waals surface area contributed by atoms with E-state index in [1.54, 1.807) is 0 Å². The van der Waals surface area contributed by atoms with Crippen molar-refractivity contribution in [2.45, 2.75) is 39.0 Å². The molecule has 2 amide bonds. The summed E-state index contributed by atoms with van der Waals surface area (Å²) in [5, 5.41) is 5.63. The van der Waals surface area contributed by atoms with Gasteiger partial charge in [0.1, 0.15) is 0 Å². The van der Waals surface area contributed by atoms with Crippen molar-refractivity contribution in [3.63, 3.8) is 0 Å². The zero-order valence-corrected chi connectivity index (χ0v) is 12.3. The van der Waals surface area contributed by atoms with Gasteiger partial charge in [-0.3, -0.25) is 0 Å². The smallest absolute Gasteiger partial charge is 0.315 e. The fourth-order valence-electron chi connectivity index (χ4n) is 1.67. The first kappa shape index (κ1) is 15.5. The number of urea groups is 1. The Labute approximate surface area is 114 Å². The second-order valence-electron chi connectivity index (χ2n) is 5.36. The van der Waals surface area contributed by atoms with Gasteiger partial charge in [0, 0.05) is 12.4 Å². The van der Waals surface area contributed by atoms with Gasteiger partial charge in [-0.05, 0) is 19.8 Å². The number of hydrogen-bond donors (Lipinski definition) is 2. The molecule has 0 aromatic heterocycles. The molecule has 1 saturated heterocycles. The lowest BCUT2D eigenvalue weighted by molar-refractivity contribution is -0.275. The summed E-state index contributed by atoms with van der Waals surface area (Å²) in [5.74, 6) is 0.00444. The number of hydrogen-bond acceptors (Lipinski definition) is 3. The van der Waals surface area contributed by atoms with Crippen molar-refractivity contribution < 1.29 is 14.3 Å². The highest BCUT2D eigenvalue weighted by molar-refractivity contribution is 6.18. The van der Waals surface area contributed by atoms with Crippen LogP contribution in [0.4, 0.5) is 4.79 Å². The third-order valence-corrected chi connectivity index (χ3v) is 3.39. The Balaban J connectivity index is 2.63. The number of rotatable bonds is 4. The summed E-state index contributed by atoms with van der Waals surface area (Å²) < 4.78 is 11.3. The summed E-state index contributed by atoms with van der Waals surface area (Å²) in [7, 11) is 0. The molecular weight excluding hydrogens is 256 g/mol. The fourth-order valence-corrected chi connectivity index (χ4v) is 1.76. The molecule has 0 aromatic carbocycles. The molecule has 1 aliphatic heterocycles. The first-order valence-electron chi connectivity index (χ1n) is 6.21. The lowest BCUT2D eigenvalue weighted by atomic mass is 9.87. The molecule has 18 heavy (non-hydrogen) atoms. The molecule has 0 spiro atoms. The first-order chi connectivity index (χ1) is 8.31. The van der Waals surface area contributed by atoms with Crippen LogP contribution >= 0.6 is 11.6 Å². The van der Waals surface area contributed by atoms with Gasteiger partial charge in [-0.1, -0.05) is 13.8 Å². The largest absolute Gasteiger partial charge is 0.348 e. The summed E-state index contributed by atoms with van der Waals surface area (Å²) in [6.45, 7) is 9.11. The SMILES string of the molecule is CC(C)C1(NC(=O)NCCCl)COC(C)(C)OC1. The molecule has 1 heterocycles. The molecule has 0 saturated carbocycles. The van der Waals surface area contributed by atoms with E-state index < -0.39 is 11.3 Å². The van der Waals surface area contributed by atoms with E-state index in [0.29, 0.717) is 25.6 Å². The zero-order chi connectivity index (χ0) is 13.8. The van der Waals surface area contributed by atoms with Crippen LogP contribution in [-0.4, -0.2) is 43.0 Å². The van der Waals surface area contributed by atoms with Crippen LogP contribution in [0, 0.1) is 5.92 Å². The number of carbonyl (C=O) groups excluding carboxylic acids is 1. The monoisotopic (exact) mass is 278 g/mol. The molecule has 0 radical (unpaired) electrons. The van der Waals surface area contributed by atoms with Crippen molar-refractivity contribution in [1.82, 2.24) is 10.6 Å². The quantitative estimate of drug-likeness (QED) is 0.770. The Morgan fingerprint density at radius 2 is 1.89 bits per heavy atom. The van der Waals surface area contributed by atoms with Crippen LogP contribution in [0.25, 0.3) is 0 Å². The maximum atomic E-state index is 11.7. The molecule has 0 aliphatic carbocycles. The number of ether oxygens (including phenoxy) is 2. The average molecular weight is 279 g/mol. The Kier molecular flexibility index (Phi) is 5.25. The number of halogens is 1. The molecule has 0 aromatic rings. The van der Waals surface area contributed by atoms with Gasteiger partial charge in [-0.2, -0.15) is 0 Å². The van der Waals surface area contributed by atoms with E-state index in [1.807, 2.05) is 27.7 Å². The molecule has 0 bridgehead atoms. The predicted molar refractivity (Wildman–Crippen MR) is 70.8 cm³/mol. The van der Waals surface area contributed by atoms with E-state index in [-0.39, 0.29) is 11.9 Å². The number of nitrogens with one attached hydrogen (secondary N) is 2. The normalized spacial score (nSPS) is 21.7. The van der Waals surface area contributed by atoms with Crippen LogP contribution in [0.1, 0.15) is 27.7 Å². The molecule has 5 nitrogen and oxygen atoms in total. The Bertz CT molecular complexity index is 285. The van der Waals surface area contributed by atoms with Crippen LogP contribution in [-0.2, 0) is 9.47 Å². The molecule has 1 fully saturated rings. The van der Waals surface area contributed by atoms with Crippen molar-refractivity contribution >= 4 is 17.6 Å². The highest BCUT2D eigenvalue weighted by Gasteiger charge is 2.43. The van der Waals surface area contributed by atoms with Gasteiger partial charge in [0.25, 0.3) is 0 Å². The minimum atomic E-state index is -0.591. The van der Waals surface area contributed by atoms with Crippen molar-refractivity contribution in [1.29, 1.82) is 0 Å². The van der Waals surface area contributed by atoms with Crippen LogP contribution < -0.4 is 10.6 Å². The standard InChI is InChI=1S/C12H23ClN2O3/c1-9(2)12(15-10(16)14-6-5-13)7-17-11(3,4)18-8-12/h9H,5-8H2,1-4H3,(H2,14,15,16).